The number of aliphatic carboxylic acids is 1. The molecule has 5 nitrogen and oxygen atoms in total. The van der Waals surface area contributed by atoms with Gasteiger partial charge in [-0.15, -0.1) is 0 Å². The topological polar surface area (TPSA) is 61.8 Å². The summed E-state index contributed by atoms with van der Waals surface area (Å²) in [4.78, 5) is 13.1. The Kier molecular flexibility index (Phi) is 6.26. The van der Waals surface area contributed by atoms with Crippen molar-refractivity contribution in [1.29, 1.82) is 0 Å². The van der Waals surface area contributed by atoms with Crippen LogP contribution < -0.4 is 5.32 Å². The smallest absolute Gasteiger partial charge is 0.317 e. The second kappa shape index (κ2) is 7.96. The second-order valence-corrected chi connectivity index (χ2v) is 6.21. The third kappa shape index (κ3) is 4.72. The number of methoxy groups -OCH3 is 1. The third-order valence-corrected chi connectivity index (χ3v) is 4.71. The first-order chi connectivity index (χ1) is 9.69. The number of nitrogens with zero attached hydrogens (tertiary/aromatic N) is 1. The Morgan fingerprint density at radius 3 is 2.95 bits per heavy atom. The van der Waals surface area contributed by atoms with Gasteiger partial charge in [-0.3, -0.25) is 9.69 Å². The summed E-state index contributed by atoms with van der Waals surface area (Å²) in [6, 6.07) is 0.663. The maximum absolute atomic E-state index is 10.5. The number of likely N-dealkylation sites (tertiary alicyclic amines) is 1. The number of nitrogens with one attached hydrogen (secondary N) is 1. The van der Waals surface area contributed by atoms with Crippen LogP contribution in [0.15, 0.2) is 0 Å². The van der Waals surface area contributed by atoms with E-state index in [1.54, 1.807) is 0 Å². The van der Waals surface area contributed by atoms with E-state index in [4.69, 9.17) is 9.84 Å². The summed E-state index contributed by atoms with van der Waals surface area (Å²) in [7, 11) is 1.82. The summed E-state index contributed by atoms with van der Waals surface area (Å²) in [5.41, 5.74) is 0. The zero-order valence-electron chi connectivity index (χ0n) is 12.5. The molecule has 0 amide bonds. The molecule has 0 aromatic heterocycles. The summed E-state index contributed by atoms with van der Waals surface area (Å²) in [5.74, 6) is -0.182. The first-order valence-corrected chi connectivity index (χ1v) is 7.88. The highest BCUT2D eigenvalue weighted by atomic mass is 16.5. The molecule has 1 saturated carbocycles. The van der Waals surface area contributed by atoms with Crippen molar-refractivity contribution in [2.75, 3.05) is 33.3 Å². The molecule has 1 aliphatic carbocycles. The summed E-state index contributed by atoms with van der Waals surface area (Å²) in [6.07, 6.45) is 7.78. The number of rotatable bonds is 6. The van der Waals surface area contributed by atoms with E-state index in [0.29, 0.717) is 18.1 Å². The lowest BCUT2D eigenvalue weighted by atomic mass is 9.88. The van der Waals surface area contributed by atoms with Crippen LogP contribution in [0.1, 0.15) is 38.5 Å². The lowest BCUT2D eigenvalue weighted by Gasteiger charge is -2.41. The zero-order valence-corrected chi connectivity index (χ0v) is 12.5. The molecule has 1 saturated heterocycles. The lowest BCUT2D eigenvalue weighted by molar-refractivity contribution is -0.136. The lowest BCUT2D eigenvalue weighted by Crippen LogP contribution is -2.47. The number of carboxylic acid groups (broad SMARTS) is 1. The molecule has 1 heterocycles. The first-order valence-electron chi connectivity index (χ1n) is 7.88. The molecule has 1 aliphatic heterocycles. The van der Waals surface area contributed by atoms with E-state index in [0.717, 1.165) is 19.5 Å². The quantitative estimate of drug-likeness (QED) is 0.770. The molecule has 2 aliphatic rings. The van der Waals surface area contributed by atoms with Crippen LogP contribution in [0.4, 0.5) is 0 Å². The average Bonchev–Trinajstić information content (AvgIpc) is 2.47. The van der Waals surface area contributed by atoms with Gasteiger partial charge in [-0.2, -0.15) is 0 Å². The van der Waals surface area contributed by atoms with Crippen LogP contribution >= 0.6 is 0 Å². The van der Waals surface area contributed by atoms with Crippen LogP contribution in [0.3, 0.4) is 0 Å². The molecule has 3 atom stereocenters. The fourth-order valence-corrected chi connectivity index (χ4v) is 3.64. The van der Waals surface area contributed by atoms with E-state index in [2.05, 4.69) is 10.2 Å². The number of carboxylic acids is 1. The molecular formula is C15H28N2O3. The van der Waals surface area contributed by atoms with Gasteiger partial charge in [-0.1, -0.05) is 0 Å². The van der Waals surface area contributed by atoms with E-state index in [1.165, 1.54) is 38.6 Å². The summed E-state index contributed by atoms with van der Waals surface area (Å²) < 4.78 is 5.53. The van der Waals surface area contributed by atoms with Gasteiger partial charge in [0.1, 0.15) is 0 Å². The highest BCUT2D eigenvalue weighted by molar-refractivity contribution is 5.68. The van der Waals surface area contributed by atoms with E-state index < -0.39 is 5.97 Å². The molecule has 5 heteroatoms. The van der Waals surface area contributed by atoms with Gasteiger partial charge in [-0.25, -0.2) is 0 Å². The zero-order chi connectivity index (χ0) is 14.4. The highest BCUT2D eigenvalue weighted by Crippen LogP contribution is 2.28. The number of ether oxygens (including phenoxy) is 1. The van der Waals surface area contributed by atoms with Crippen LogP contribution in [-0.2, 0) is 9.53 Å². The van der Waals surface area contributed by atoms with Crippen molar-refractivity contribution in [3.63, 3.8) is 0 Å². The monoisotopic (exact) mass is 284 g/mol. The Morgan fingerprint density at radius 1 is 1.35 bits per heavy atom. The minimum absolute atomic E-state index is 0.0751. The van der Waals surface area contributed by atoms with Crippen molar-refractivity contribution in [1.82, 2.24) is 10.2 Å². The second-order valence-electron chi connectivity index (χ2n) is 6.21. The molecule has 116 valence electrons. The number of hydrogen-bond acceptors (Lipinski definition) is 4. The molecule has 0 aromatic carbocycles. The van der Waals surface area contributed by atoms with Crippen molar-refractivity contribution >= 4 is 5.97 Å². The van der Waals surface area contributed by atoms with Crippen molar-refractivity contribution in [2.45, 2.75) is 50.7 Å². The fraction of sp³-hybridized carbons (Fsp3) is 0.933. The van der Waals surface area contributed by atoms with Gasteiger partial charge in [0.25, 0.3) is 0 Å². The fourth-order valence-electron chi connectivity index (χ4n) is 3.64. The van der Waals surface area contributed by atoms with Crippen molar-refractivity contribution in [3.8, 4) is 0 Å². The predicted molar refractivity (Wildman–Crippen MR) is 77.9 cm³/mol. The van der Waals surface area contributed by atoms with Crippen LogP contribution in [0, 0.1) is 5.92 Å². The van der Waals surface area contributed by atoms with Gasteiger partial charge in [0.15, 0.2) is 0 Å². The molecule has 3 unspecified atom stereocenters. The van der Waals surface area contributed by atoms with Gasteiger partial charge in [0.2, 0.25) is 0 Å². The largest absolute Gasteiger partial charge is 0.480 e. The van der Waals surface area contributed by atoms with Crippen LogP contribution in [0.25, 0.3) is 0 Å². The SMILES string of the molecule is COC1CCCC(N2CCCC(CNCC(=O)O)C2)C1. The van der Waals surface area contributed by atoms with Gasteiger partial charge < -0.3 is 15.2 Å². The van der Waals surface area contributed by atoms with Crippen LogP contribution in [0.5, 0.6) is 0 Å². The first kappa shape index (κ1) is 15.7. The number of hydrogen-bond donors (Lipinski definition) is 2. The molecular weight excluding hydrogens is 256 g/mol. The van der Waals surface area contributed by atoms with E-state index in [9.17, 15) is 4.79 Å². The van der Waals surface area contributed by atoms with Gasteiger partial charge in [-0.05, 0) is 57.5 Å². The summed E-state index contributed by atoms with van der Waals surface area (Å²) in [5, 5.41) is 11.7. The minimum atomic E-state index is -0.770. The Morgan fingerprint density at radius 2 is 2.20 bits per heavy atom. The van der Waals surface area contributed by atoms with Crippen molar-refractivity contribution in [3.05, 3.63) is 0 Å². The molecule has 0 aromatic rings. The van der Waals surface area contributed by atoms with Crippen molar-refractivity contribution < 1.29 is 14.6 Å². The minimum Gasteiger partial charge on any atom is -0.480 e. The van der Waals surface area contributed by atoms with Crippen LogP contribution in [0.2, 0.25) is 0 Å². The average molecular weight is 284 g/mol. The molecule has 0 bridgehead atoms. The highest BCUT2D eigenvalue weighted by Gasteiger charge is 2.30. The molecule has 20 heavy (non-hydrogen) atoms. The van der Waals surface area contributed by atoms with E-state index in [1.807, 2.05) is 7.11 Å². The molecule has 2 fully saturated rings. The Bertz CT molecular complexity index is 311. The number of piperidine rings is 1. The predicted octanol–water partition coefficient (Wildman–Crippen LogP) is 1.33. The molecule has 2 N–H and O–H groups in total. The van der Waals surface area contributed by atoms with Gasteiger partial charge >= 0.3 is 5.97 Å². The van der Waals surface area contributed by atoms with E-state index in [-0.39, 0.29) is 6.54 Å². The molecule has 0 spiro atoms. The van der Waals surface area contributed by atoms with Crippen LogP contribution in [-0.4, -0.2) is 61.4 Å². The number of carbonyl (C=O) groups is 1. The van der Waals surface area contributed by atoms with Crippen molar-refractivity contribution in [2.24, 2.45) is 5.92 Å². The Labute approximate surface area is 121 Å². The maximum atomic E-state index is 10.5. The Hall–Kier alpha value is -0.650. The summed E-state index contributed by atoms with van der Waals surface area (Å²) >= 11 is 0. The molecule has 2 rings (SSSR count). The standard InChI is InChI=1S/C15H28N2O3/c1-20-14-6-2-5-13(8-14)17-7-3-4-12(11-17)9-16-10-15(18)19/h12-14,16H,2-11H2,1H3,(H,18,19). The third-order valence-electron chi connectivity index (χ3n) is 4.71. The molecule has 0 radical (unpaired) electrons. The normalized spacial score (nSPS) is 32.1. The summed E-state index contributed by atoms with van der Waals surface area (Å²) in [6.45, 7) is 3.19. The van der Waals surface area contributed by atoms with E-state index >= 15 is 0 Å². The Balaban J connectivity index is 1.76. The van der Waals surface area contributed by atoms with Gasteiger partial charge in [0.05, 0.1) is 12.6 Å². The van der Waals surface area contributed by atoms with Gasteiger partial charge in [0, 0.05) is 19.7 Å². The maximum Gasteiger partial charge on any atom is 0.317 e.